The summed E-state index contributed by atoms with van der Waals surface area (Å²) in [5, 5.41) is 11.6. The summed E-state index contributed by atoms with van der Waals surface area (Å²) < 4.78 is 12.8. The number of carboxylic acids is 1. The number of carboxylic acid groups (broad SMARTS) is 1. The second kappa shape index (κ2) is 7.17. The van der Waals surface area contributed by atoms with Crippen molar-refractivity contribution in [1.29, 1.82) is 0 Å². The van der Waals surface area contributed by atoms with Crippen molar-refractivity contribution in [2.24, 2.45) is 0 Å². The van der Waals surface area contributed by atoms with Crippen LogP contribution in [0.2, 0.25) is 0 Å². The summed E-state index contributed by atoms with van der Waals surface area (Å²) in [7, 11) is 0. The molecule has 2 N–H and O–H groups in total. The van der Waals surface area contributed by atoms with Crippen LogP contribution in [0.5, 0.6) is 0 Å². The Bertz CT molecular complexity index is 498. The first-order valence-electron chi connectivity index (χ1n) is 7.06. The molecule has 1 aliphatic carbocycles. The molecule has 1 aromatic carbocycles. The van der Waals surface area contributed by atoms with Gasteiger partial charge in [-0.05, 0) is 37.1 Å². The predicted octanol–water partition coefficient (Wildman–Crippen LogP) is 2.09. The molecule has 0 radical (unpaired) electrons. The Morgan fingerprint density at radius 2 is 1.81 bits per heavy atom. The van der Waals surface area contributed by atoms with Crippen LogP contribution in [0.1, 0.15) is 25.7 Å². The molecule has 0 heterocycles. The van der Waals surface area contributed by atoms with E-state index in [9.17, 15) is 14.0 Å². The Morgan fingerprint density at radius 3 is 2.38 bits per heavy atom. The average Bonchev–Trinajstić information content (AvgIpc) is 2.94. The highest BCUT2D eigenvalue weighted by Gasteiger charge is 2.25. The third kappa shape index (κ3) is 4.82. The van der Waals surface area contributed by atoms with Gasteiger partial charge in [0.2, 0.25) is 5.91 Å². The van der Waals surface area contributed by atoms with Gasteiger partial charge in [-0.25, -0.2) is 4.39 Å². The molecule has 0 spiro atoms. The molecule has 2 rings (SSSR count). The number of nitrogens with zero attached hydrogens (tertiary/aromatic N) is 1. The van der Waals surface area contributed by atoms with Crippen LogP contribution in [0.15, 0.2) is 24.3 Å². The second-order valence-electron chi connectivity index (χ2n) is 5.29. The minimum Gasteiger partial charge on any atom is -0.480 e. The summed E-state index contributed by atoms with van der Waals surface area (Å²) in [5.74, 6) is -1.59. The molecule has 0 aliphatic heterocycles. The molecular formula is C15H19FN2O3. The summed E-state index contributed by atoms with van der Waals surface area (Å²) in [6, 6.07) is 5.64. The average molecular weight is 294 g/mol. The van der Waals surface area contributed by atoms with Gasteiger partial charge in [-0.1, -0.05) is 12.8 Å². The lowest BCUT2D eigenvalue weighted by Crippen LogP contribution is -2.42. The lowest BCUT2D eigenvalue weighted by atomic mass is 10.2. The highest BCUT2D eigenvalue weighted by molar-refractivity contribution is 5.92. The summed E-state index contributed by atoms with van der Waals surface area (Å²) in [6.45, 7) is -0.101. The fourth-order valence-electron chi connectivity index (χ4n) is 2.68. The van der Waals surface area contributed by atoms with Crippen LogP contribution in [-0.4, -0.2) is 41.0 Å². The van der Waals surface area contributed by atoms with Crippen LogP contribution < -0.4 is 5.32 Å². The van der Waals surface area contributed by atoms with Crippen LogP contribution in [0, 0.1) is 5.82 Å². The van der Waals surface area contributed by atoms with Crippen LogP contribution in [0.3, 0.4) is 0 Å². The van der Waals surface area contributed by atoms with Gasteiger partial charge in [-0.3, -0.25) is 14.5 Å². The molecule has 0 saturated heterocycles. The van der Waals surface area contributed by atoms with Gasteiger partial charge in [0.15, 0.2) is 0 Å². The number of rotatable bonds is 6. The smallest absolute Gasteiger partial charge is 0.317 e. The number of halogens is 1. The number of hydrogen-bond donors (Lipinski definition) is 2. The fraction of sp³-hybridized carbons (Fsp3) is 0.467. The number of carbonyl (C=O) groups is 2. The predicted molar refractivity (Wildman–Crippen MR) is 76.5 cm³/mol. The van der Waals surface area contributed by atoms with E-state index in [0.717, 1.165) is 25.7 Å². The molecule has 0 unspecified atom stereocenters. The molecule has 1 amide bonds. The van der Waals surface area contributed by atoms with Gasteiger partial charge in [0, 0.05) is 11.7 Å². The topological polar surface area (TPSA) is 69.6 Å². The van der Waals surface area contributed by atoms with Crippen molar-refractivity contribution in [3.05, 3.63) is 30.1 Å². The quantitative estimate of drug-likeness (QED) is 0.843. The zero-order valence-corrected chi connectivity index (χ0v) is 11.7. The van der Waals surface area contributed by atoms with E-state index < -0.39 is 5.97 Å². The van der Waals surface area contributed by atoms with Crippen molar-refractivity contribution in [2.75, 3.05) is 18.4 Å². The first-order valence-corrected chi connectivity index (χ1v) is 7.06. The maximum absolute atomic E-state index is 12.8. The van der Waals surface area contributed by atoms with Crippen molar-refractivity contribution in [2.45, 2.75) is 31.7 Å². The number of carbonyl (C=O) groups excluding carboxylic acids is 1. The minimum absolute atomic E-state index is 0.0361. The Kier molecular flexibility index (Phi) is 5.27. The minimum atomic E-state index is -0.934. The molecule has 0 bridgehead atoms. The summed E-state index contributed by atoms with van der Waals surface area (Å²) in [5.41, 5.74) is 0.503. The van der Waals surface area contributed by atoms with E-state index in [1.165, 1.54) is 24.3 Å². The van der Waals surface area contributed by atoms with E-state index >= 15 is 0 Å². The van der Waals surface area contributed by atoms with Crippen LogP contribution in [0.4, 0.5) is 10.1 Å². The molecule has 0 aromatic heterocycles. The molecular weight excluding hydrogens is 275 g/mol. The van der Waals surface area contributed by atoms with Gasteiger partial charge >= 0.3 is 5.97 Å². The van der Waals surface area contributed by atoms with Gasteiger partial charge in [0.05, 0.1) is 13.1 Å². The summed E-state index contributed by atoms with van der Waals surface area (Å²) in [6.07, 6.45) is 3.99. The molecule has 1 aromatic rings. The van der Waals surface area contributed by atoms with E-state index in [-0.39, 0.29) is 30.9 Å². The molecule has 21 heavy (non-hydrogen) atoms. The maximum Gasteiger partial charge on any atom is 0.317 e. The third-order valence-corrected chi connectivity index (χ3v) is 3.65. The normalized spacial score (nSPS) is 15.3. The molecule has 1 saturated carbocycles. The zero-order valence-electron chi connectivity index (χ0n) is 11.7. The fourth-order valence-corrected chi connectivity index (χ4v) is 2.68. The number of nitrogens with one attached hydrogen (secondary N) is 1. The Balaban J connectivity index is 1.93. The van der Waals surface area contributed by atoms with E-state index in [4.69, 9.17) is 5.11 Å². The van der Waals surface area contributed by atoms with Crippen molar-refractivity contribution in [3.63, 3.8) is 0 Å². The monoisotopic (exact) mass is 294 g/mol. The van der Waals surface area contributed by atoms with Crippen molar-refractivity contribution in [3.8, 4) is 0 Å². The highest BCUT2D eigenvalue weighted by atomic mass is 19.1. The largest absolute Gasteiger partial charge is 0.480 e. The molecule has 0 atom stereocenters. The van der Waals surface area contributed by atoms with Crippen LogP contribution >= 0.6 is 0 Å². The first-order chi connectivity index (χ1) is 10.0. The van der Waals surface area contributed by atoms with Gasteiger partial charge < -0.3 is 10.4 Å². The number of anilines is 1. The molecule has 6 heteroatoms. The van der Waals surface area contributed by atoms with Crippen LogP contribution in [-0.2, 0) is 9.59 Å². The third-order valence-electron chi connectivity index (χ3n) is 3.65. The number of aliphatic carboxylic acids is 1. The number of benzene rings is 1. The maximum atomic E-state index is 12.8. The van der Waals surface area contributed by atoms with E-state index in [2.05, 4.69) is 5.32 Å². The molecule has 114 valence electrons. The summed E-state index contributed by atoms with van der Waals surface area (Å²) >= 11 is 0. The lowest BCUT2D eigenvalue weighted by molar-refractivity contribution is -0.139. The van der Waals surface area contributed by atoms with Crippen molar-refractivity contribution >= 4 is 17.6 Å². The van der Waals surface area contributed by atoms with Crippen molar-refractivity contribution in [1.82, 2.24) is 4.90 Å². The van der Waals surface area contributed by atoms with E-state index in [1.807, 2.05) is 0 Å². The van der Waals surface area contributed by atoms with E-state index in [1.54, 1.807) is 4.90 Å². The van der Waals surface area contributed by atoms with Gasteiger partial charge in [-0.2, -0.15) is 0 Å². The van der Waals surface area contributed by atoms with Crippen molar-refractivity contribution < 1.29 is 19.1 Å². The van der Waals surface area contributed by atoms with E-state index in [0.29, 0.717) is 5.69 Å². The molecule has 1 aliphatic rings. The first kappa shape index (κ1) is 15.4. The Morgan fingerprint density at radius 1 is 1.19 bits per heavy atom. The van der Waals surface area contributed by atoms with Gasteiger partial charge in [0.1, 0.15) is 5.82 Å². The van der Waals surface area contributed by atoms with Crippen LogP contribution in [0.25, 0.3) is 0 Å². The molecule has 5 nitrogen and oxygen atoms in total. The Hall–Kier alpha value is -1.95. The summed E-state index contributed by atoms with van der Waals surface area (Å²) in [4.78, 5) is 24.6. The Labute approximate surface area is 122 Å². The standard InChI is InChI=1S/C15H19FN2O3/c16-11-5-7-12(8-6-11)17-14(19)9-18(10-15(20)21)13-3-1-2-4-13/h5-8,13H,1-4,9-10H2,(H,17,19)(H,20,21). The van der Waals surface area contributed by atoms with Gasteiger partial charge in [0.25, 0.3) is 0 Å². The molecule has 1 fully saturated rings. The second-order valence-corrected chi connectivity index (χ2v) is 5.29. The lowest BCUT2D eigenvalue weighted by Gasteiger charge is -2.26. The SMILES string of the molecule is O=C(O)CN(CC(=O)Nc1ccc(F)cc1)C1CCCC1. The van der Waals surface area contributed by atoms with Gasteiger partial charge in [-0.15, -0.1) is 0 Å². The number of amides is 1. The zero-order chi connectivity index (χ0) is 15.2. The number of hydrogen-bond acceptors (Lipinski definition) is 3. The highest BCUT2D eigenvalue weighted by Crippen LogP contribution is 2.23.